The van der Waals surface area contributed by atoms with Gasteiger partial charge in [-0.2, -0.15) is 0 Å². The molecule has 3 aromatic rings. The Bertz CT molecular complexity index is 629. The van der Waals surface area contributed by atoms with Crippen molar-refractivity contribution in [1.82, 2.24) is 15.0 Å². The number of nitrogens with one attached hydrogen (secondary N) is 1. The third-order valence-electron chi connectivity index (χ3n) is 2.36. The molecular weight excluding hydrogens is 222 g/mol. The first-order valence-electron chi connectivity index (χ1n) is 4.80. The van der Waals surface area contributed by atoms with Crippen molar-refractivity contribution < 1.29 is 4.74 Å². The van der Waals surface area contributed by atoms with Crippen LogP contribution in [0.1, 0.15) is 0 Å². The summed E-state index contributed by atoms with van der Waals surface area (Å²) in [7, 11) is 1.62. The number of methoxy groups -OCH3 is 1. The number of ether oxygens (including phenoxy) is 1. The van der Waals surface area contributed by atoms with Gasteiger partial charge in [0.15, 0.2) is 0 Å². The molecule has 0 radical (unpaired) electrons. The summed E-state index contributed by atoms with van der Waals surface area (Å²) < 4.78 is 5.07. The van der Waals surface area contributed by atoms with Crippen LogP contribution in [0.15, 0.2) is 29.9 Å². The zero-order chi connectivity index (χ0) is 11.0. The second-order valence-electron chi connectivity index (χ2n) is 3.33. The molecule has 0 aliphatic rings. The summed E-state index contributed by atoms with van der Waals surface area (Å²) in [4.78, 5) is 11.6. The molecule has 2 aromatic heterocycles. The van der Waals surface area contributed by atoms with E-state index >= 15 is 0 Å². The lowest BCUT2D eigenvalue weighted by atomic mass is 10.2. The van der Waals surface area contributed by atoms with Crippen LogP contribution in [0, 0.1) is 0 Å². The molecule has 0 spiro atoms. The molecule has 0 aliphatic heterocycles. The number of aromatic amines is 1. The van der Waals surface area contributed by atoms with Gasteiger partial charge in [0.25, 0.3) is 0 Å². The van der Waals surface area contributed by atoms with Crippen molar-refractivity contribution in [1.29, 1.82) is 0 Å². The molecule has 2 heterocycles. The highest BCUT2D eigenvalue weighted by atomic mass is 32.1. The molecule has 0 fully saturated rings. The Morgan fingerprint density at radius 2 is 2.31 bits per heavy atom. The van der Waals surface area contributed by atoms with Crippen molar-refractivity contribution in [2.45, 2.75) is 0 Å². The van der Waals surface area contributed by atoms with E-state index in [1.807, 2.05) is 23.6 Å². The van der Waals surface area contributed by atoms with E-state index in [-0.39, 0.29) is 0 Å². The lowest BCUT2D eigenvalue weighted by Crippen LogP contribution is -1.82. The van der Waals surface area contributed by atoms with Crippen molar-refractivity contribution >= 4 is 22.4 Å². The first-order chi connectivity index (χ1) is 7.86. The summed E-state index contributed by atoms with van der Waals surface area (Å²) in [6.45, 7) is 0. The van der Waals surface area contributed by atoms with Gasteiger partial charge in [0.1, 0.15) is 5.01 Å². The van der Waals surface area contributed by atoms with Gasteiger partial charge < -0.3 is 9.72 Å². The van der Waals surface area contributed by atoms with E-state index < -0.39 is 0 Å². The number of hydrogen-bond acceptors (Lipinski definition) is 4. The summed E-state index contributed by atoms with van der Waals surface area (Å²) in [5, 5.41) is 2.85. The minimum absolute atomic E-state index is 0.657. The average Bonchev–Trinajstić information content (AvgIpc) is 2.96. The number of thiazole rings is 1. The van der Waals surface area contributed by atoms with Gasteiger partial charge in [-0.05, 0) is 18.2 Å². The molecule has 3 rings (SSSR count). The highest BCUT2D eigenvalue weighted by Gasteiger charge is 2.06. The quantitative estimate of drug-likeness (QED) is 0.737. The number of rotatable bonds is 2. The zero-order valence-electron chi connectivity index (χ0n) is 8.60. The number of aromatic nitrogens is 3. The summed E-state index contributed by atoms with van der Waals surface area (Å²) in [6, 6.07) is 6.04. The molecule has 0 aliphatic carbocycles. The van der Waals surface area contributed by atoms with Crippen LogP contribution in [-0.4, -0.2) is 22.1 Å². The van der Waals surface area contributed by atoms with E-state index in [1.165, 1.54) is 0 Å². The van der Waals surface area contributed by atoms with Gasteiger partial charge in [0.05, 0.1) is 29.9 Å². The summed E-state index contributed by atoms with van der Waals surface area (Å²) >= 11 is 1.57. The maximum atomic E-state index is 5.07. The minimum atomic E-state index is 0.657. The van der Waals surface area contributed by atoms with Gasteiger partial charge in [-0.1, -0.05) is 0 Å². The number of hydrogen-bond donors (Lipinski definition) is 1. The highest BCUT2D eigenvalue weighted by molar-refractivity contribution is 7.13. The topological polar surface area (TPSA) is 50.8 Å². The van der Waals surface area contributed by atoms with Crippen molar-refractivity contribution in [2.75, 3.05) is 7.11 Å². The summed E-state index contributed by atoms with van der Waals surface area (Å²) in [6.07, 6.45) is 1.69. The Kier molecular flexibility index (Phi) is 2.11. The van der Waals surface area contributed by atoms with E-state index in [4.69, 9.17) is 4.74 Å². The average molecular weight is 231 g/mol. The Morgan fingerprint density at radius 3 is 3.12 bits per heavy atom. The number of benzene rings is 1. The Hall–Kier alpha value is -1.88. The lowest BCUT2D eigenvalue weighted by molar-refractivity contribution is 0.401. The molecule has 0 bridgehead atoms. The number of H-pyrrole nitrogens is 1. The van der Waals surface area contributed by atoms with Crippen molar-refractivity contribution in [3.05, 3.63) is 29.9 Å². The van der Waals surface area contributed by atoms with Crippen LogP contribution in [-0.2, 0) is 0 Å². The van der Waals surface area contributed by atoms with Gasteiger partial charge in [-0.25, -0.2) is 9.97 Å². The third-order valence-corrected chi connectivity index (χ3v) is 3.23. The Labute approximate surface area is 95.9 Å². The number of fused-ring (bicyclic) bond motifs is 1. The Morgan fingerprint density at radius 1 is 1.38 bits per heavy atom. The monoisotopic (exact) mass is 231 g/mol. The summed E-state index contributed by atoms with van der Waals surface area (Å²) in [5.41, 5.74) is 3.06. The highest BCUT2D eigenvalue weighted by Crippen LogP contribution is 2.28. The predicted octanol–water partition coefficient (Wildman–Crippen LogP) is 2.69. The van der Waals surface area contributed by atoms with Crippen LogP contribution in [0.3, 0.4) is 0 Å². The van der Waals surface area contributed by atoms with E-state index in [0.29, 0.717) is 5.88 Å². The smallest absolute Gasteiger partial charge is 0.224 e. The fourth-order valence-corrected chi connectivity index (χ4v) is 2.32. The van der Waals surface area contributed by atoms with Crippen LogP contribution in [0.2, 0.25) is 0 Å². The van der Waals surface area contributed by atoms with E-state index in [9.17, 15) is 0 Å². The summed E-state index contributed by atoms with van der Waals surface area (Å²) in [5.74, 6) is 0.657. The maximum absolute atomic E-state index is 5.07. The maximum Gasteiger partial charge on any atom is 0.224 e. The van der Waals surface area contributed by atoms with Gasteiger partial charge in [0.2, 0.25) is 5.88 Å². The van der Waals surface area contributed by atoms with E-state index in [1.54, 1.807) is 24.8 Å². The molecule has 0 saturated heterocycles. The fraction of sp³-hybridized carbons (Fsp3) is 0.0909. The molecule has 1 aromatic carbocycles. The van der Waals surface area contributed by atoms with Crippen LogP contribution in [0.4, 0.5) is 0 Å². The lowest BCUT2D eigenvalue weighted by Gasteiger charge is -1.95. The van der Waals surface area contributed by atoms with Gasteiger partial charge in [-0.3, -0.25) is 0 Å². The van der Waals surface area contributed by atoms with Crippen LogP contribution < -0.4 is 4.74 Å². The molecular formula is C11H9N3OS. The van der Waals surface area contributed by atoms with Crippen LogP contribution in [0.5, 0.6) is 5.88 Å². The second-order valence-corrected chi connectivity index (χ2v) is 4.19. The second kappa shape index (κ2) is 3.61. The third kappa shape index (κ3) is 1.45. The molecule has 16 heavy (non-hydrogen) atoms. The zero-order valence-corrected chi connectivity index (χ0v) is 9.41. The van der Waals surface area contributed by atoms with Gasteiger partial charge in [-0.15, -0.1) is 11.3 Å². The molecule has 0 unspecified atom stereocenters. The van der Waals surface area contributed by atoms with Gasteiger partial charge in [0, 0.05) is 5.56 Å². The predicted molar refractivity (Wildman–Crippen MR) is 63.8 cm³/mol. The first-order valence-corrected chi connectivity index (χ1v) is 5.68. The number of nitrogens with zero attached hydrogens (tertiary/aromatic N) is 2. The number of imidazole rings is 1. The minimum Gasteiger partial charge on any atom is -0.480 e. The molecule has 0 saturated carbocycles. The van der Waals surface area contributed by atoms with Crippen molar-refractivity contribution in [3.8, 4) is 16.5 Å². The van der Waals surface area contributed by atoms with Crippen LogP contribution in [0.25, 0.3) is 21.6 Å². The molecule has 4 nitrogen and oxygen atoms in total. The first kappa shape index (κ1) is 9.35. The molecule has 0 atom stereocenters. The molecule has 5 heteroatoms. The largest absolute Gasteiger partial charge is 0.480 e. The van der Waals surface area contributed by atoms with Crippen LogP contribution >= 0.6 is 11.3 Å². The van der Waals surface area contributed by atoms with E-state index in [2.05, 4.69) is 15.0 Å². The fourth-order valence-electron chi connectivity index (χ4n) is 1.55. The molecule has 80 valence electrons. The molecule has 0 amide bonds. The molecule has 1 N–H and O–H groups in total. The van der Waals surface area contributed by atoms with E-state index in [0.717, 1.165) is 21.6 Å². The van der Waals surface area contributed by atoms with Crippen molar-refractivity contribution in [2.24, 2.45) is 0 Å². The van der Waals surface area contributed by atoms with Gasteiger partial charge >= 0.3 is 0 Å². The SMILES string of the molecule is COc1csc(-c2ccc3nc[nH]c3c2)n1. The standard InChI is InChI=1S/C11H9N3OS/c1-15-10-5-16-11(14-10)7-2-3-8-9(4-7)13-6-12-8/h2-6H,1H3,(H,12,13). The Balaban J connectivity index is 2.10. The van der Waals surface area contributed by atoms with Crippen molar-refractivity contribution in [3.63, 3.8) is 0 Å². The normalized spacial score (nSPS) is 10.8.